The maximum absolute atomic E-state index is 5.65. The van der Waals surface area contributed by atoms with E-state index in [1.54, 1.807) is 17.7 Å². The SMILES string of the molecule is CC(C)Cn1ncnc1CC(Cc1cccs1)NN. The smallest absolute Gasteiger partial charge is 0.138 e. The third kappa shape index (κ3) is 4.12. The number of nitrogens with two attached hydrogens (primary N) is 1. The zero-order chi connectivity index (χ0) is 13.7. The second-order valence-electron chi connectivity index (χ2n) is 5.10. The van der Waals surface area contributed by atoms with Gasteiger partial charge < -0.3 is 0 Å². The Morgan fingerprint density at radius 1 is 1.42 bits per heavy atom. The number of aromatic nitrogens is 3. The van der Waals surface area contributed by atoms with Crippen molar-refractivity contribution in [3.63, 3.8) is 0 Å². The molecule has 2 rings (SSSR count). The normalized spacial score (nSPS) is 13.1. The highest BCUT2D eigenvalue weighted by molar-refractivity contribution is 7.09. The molecule has 0 bridgehead atoms. The lowest BCUT2D eigenvalue weighted by molar-refractivity contribution is 0.442. The van der Waals surface area contributed by atoms with Crippen LogP contribution >= 0.6 is 11.3 Å². The van der Waals surface area contributed by atoms with Crippen LogP contribution in [0.1, 0.15) is 24.5 Å². The Kier molecular flexibility index (Phi) is 5.07. The summed E-state index contributed by atoms with van der Waals surface area (Å²) in [4.78, 5) is 5.68. The number of hydrogen-bond acceptors (Lipinski definition) is 5. The summed E-state index contributed by atoms with van der Waals surface area (Å²) in [6.45, 7) is 5.25. The molecule has 0 saturated carbocycles. The van der Waals surface area contributed by atoms with Crippen molar-refractivity contribution >= 4 is 11.3 Å². The fourth-order valence-corrected chi connectivity index (χ4v) is 2.81. The van der Waals surface area contributed by atoms with Crippen molar-refractivity contribution in [3.8, 4) is 0 Å². The van der Waals surface area contributed by atoms with E-state index in [9.17, 15) is 0 Å². The third-order valence-electron chi connectivity index (χ3n) is 2.93. The highest BCUT2D eigenvalue weighted by Crippen LogP contribution is 2.13. The predicted molar refractivity (Wildman–Crippen MR) is 77.7 cm³/mol. The molecule has 0 amide bonds. The van der Waals surface area contributed by atoms with E-state index in [2.05, 4.69) is 46.9 Å². The number of nitrogens with zero attached hydrogens (tertiary/aromatic N) is 3. The minimum absolute atomic E-state index is 0.189. The van der Waals surface area contributed by atoms with Crippen LogP contribution in [0.15, 0.2) is 23.8 Å². The Hall–Kier alpha value is -1.24. The molecule has 0 radical (unpaired) electrons. The Morgan fingerprint density at radius 2 is 2.26 bits per heavy atom. The van der Waals surface area contributed by atoms with Gasteiger partial charge in [-0.2, -0.15) is 5.10 Å². The van der Waals surface area contributed by atoms with Gasteiger partial charge in [-0.1, -0.05) is 19.9 Å². The molecule has 0 aromatic carbocycles. The topological polar surface area (TPSA) is 68.8 Å². The van der Waals surface area contributed by atoms with E-state index >= 15 is 0 Å². The van der Waals surface area contributed by atoms with Crippen molar-refractivity contribution in [3.05, 3.63) is 34.5 Å². The Morgan fingerprint density at radius 3 is 2.89 bits per heavy atom. The van der Waals surface area contributed by atoms with Crippen molar-refractivity contribution < 1.29 is 0 Å². The number of nitrogens with one attached hydrogen (secondary N) is 1. The average Bonchev–Trinajstić information content (AvgIpc) is 3.00. The summed E-state index contributed by atoms with van der Waals surface area (Å²) in [5.74, 6) is 7.21. The van der Waals surface area contributed by atoms with Crippen LogP contribution < -0.4 is 11.3 Å². The van der Waals surface area contributed by atoms with Crippen molar-refractivity contribution in [2.24, 2.45) is 11.8 Å². The molecule has 0 fully saturated rings. The molecule has 0 aliphatic heterocycles. The van der Waals surface area contributed by atoms with Gasteiger partial charge in [-0.05, 0) is 23.8 Å². The van der Waals surface area contributed by atoms with Crippen LogP contribution in [0.3, 0.4) is 0 Å². The molecule has 104 valence electrons. The lowest BCUT2D eigenvalue weighted by Crippen LogP contribution is -2.39. The molecule has 3 N–H and O–H groups in total. The first-order valence-electron chi connectivity index (χ1n) is 6.54. The van der Waals surface area contributed by atoms with Crippen LogP contribution in [0.4, 0.5) is 0 Å². The largest absolute Gasteiger partial charge is 0.271 e. The molecular formula is C13H21N5S. The third-order valence-corrected chi connectivity index (χ3v) is 3.82. The lowest BCUT2D eigenvalue weighted by Gasteiger charge is -2.15. The summed E-state index contributed by atoms with van der Waals surface area (Å²) in [6.07, 6.45) is 3.33. The van der Waals surface area contributed by atoms with Crippen LogP contribution in [0.2, 0.25) is 0 Å². The number of rotatable bonds is 7. The van der Waals surface area contributed by atoms with Crippen molar-refractivity contribution in [1.82, 2.24) is 20.2 Å². The molecule has 0 aliphatic rings. The quantitative estimate of drug-likeness (QED) is 0.597. The fraction of sp³-hybridized carbons (Fsp3) is 0.538. The van der Waals surface area contributed by atoms with Gasteiger partial charge in [0.15, 0.2) is 0 Å². The molecule has 0 saturated heterocycles. The van der Waals surface area contributed by atoms with E-state index in [0.29, 0.717) is 5.92 Å². The fourth-order valence-electron chi connectivity index (χ4n) is 2.03. The molecular weight excluding hydrogens is 258 g/mol. The van der Waals surface area contributed by atoms with Gasteiger partial charge in [0.05, 0.1) is 0 Å². The van der Waals surface area contributed by atoms with Crippen molar-refractivity contribution in [1.29, 1.82) is 0 Å². The highest BCUT2D eigenvalue weighted by atomic mass is 32.1. The van der Waals surface area contributed by atoms with Crippen LogP contribution in [0.25, 0.3) is 0 Å². The summed E-state index contributed by atoms with van der Waals surface area (Å²) in [5.41, 5.74) is 2.88. The average molecular weight is 279 g/mol. The van der Waals surface area contributed by atoms with Gasteiger partial charge in [0.25, 0.3) is 0 Å². The van der Waals surface area contributed by atoms with E-state index in [-0.39, 0.29) is 6.04 Å². The molecule has 6 heteroatoms. The van der Waals surface area contributed by atoms with Gasteiger partial charge in [0.1, 0.15) is 12.2 Å². The first-order chi connectivity index (χ1) is 9.19. The molecule has 0 aliphatic carbocycles. The molecule has 0 spiro atoms. The zero-order valence-corrected chi connectivity index (χ0v) is 12.2. The van der Waals surface area contributed by atoms with Gasteiger partial charge in [0.2, 0.25) is 0 Å². The summed E-state index contributed by atoms with van der Waals surface area (Å²) >= 11 is 1.76. The first kappa shape index (κ1) is 14.2. The second-order valence-corrected chi connectivity index (χ2v) is 6.14. The first-order valence-corrected chi connectivity index (χ1v) is 7.42. The van der Waals surface area contributed by atoms with E-state index in [4.69, 9.17) is 5.84 Å². The number of hydrogen-bond donors (Lipinski definition) is 2. The maximum atomic E-state index is 5.65. The van der Waals surface area contributed by atoms with E-state index in [1.165, 1.54) is 4.88 Å². The Bertz CT molecular complexity index is 477. The van der Waals surface area contributed by atoms with Gasteiger partial charge in [0, 0.05) is 23.9 Å². The number of hydrazine groups is 1. The Labute approximate surface area is 117 Å². The molecule has 2 aromatic heterocycles. The molecule has 5 nitrogen and oxygen atoms in total. The van der Waals surface area contributed by atoms with E-state index in [0.717, 1.165) is 25.2 Å². The second kappa shape index (κ2) is 6.79. The molecule has 1 atom stereocenters. The van der Waals surface area contributed by atoms with E-state index < -0.39 is 0 Å². The molecule has 19 heavy (non-hydrogen) atoms. The Balaban J connectivity index is 2.00. The highest BCUT2D eigenvalue weighted by Gasteiger charge is 2.14. The summed E-state index contributed by atoms with van der Waals surface area (Å²) in [6, 6.07) is 4.39. The van der Waals surface area contributed by atoms with Crippen LogP contribution in [0.5, 0.6) is 0 Å². The maximum Gasteiger partial charge on any atom is 0.138 e. The predicted octanol–water partition coefficient (Wildman–Crippen LogP) is 1.61. The molecule has 2 heterocycles. The van der Waals surface area contributed by atoms with Crippen LogP contribution in [-0.4, -0.2) is 20.8 Å². The van der Waals surface area contributed by atoms with E-state index in [1.807, 2.05) is 4.68 Å². The number of thiophene rings is 1. The molecule has 1 unspecified atom stereocenters. The summed E-state index contributed by atoms with van der Waals surface area (Å²) in [7, 11) is 0. The van der Waals surface area contributed by atoms with Crippen LogP contribution in [-0.2, 0) is 19.4 Å². The minimum atomic E-state index is 0.189. The van der Waals surface area contributed by atoms with Gasteiger partial charge in [-0.25, -0.2) is 9.67 Å². The van der Waals surface area contributed by atoms with Crippen molar-refractivity contribution in [2.45, 2.75) is 39.3 Å². The zero-order valence-electron chi connectivity index (χ0n) is 11.4. The monoisotopic (exact) mass is 279 g/mol. The minimum Gasteiger partial charge on any atom is -0.271 e. The van der Waals surface area contributed by atoms with Gasteiger partial charge in [-0.3, -0.25) is 11.3 Å². The van der Waals surface area contributed by atoms with Gasteiger partial charge >= 0.3 is 0 Å². The van der Waals surface area contributed by atoms with Crippen molar-refractivity contribution in [2.75, 3.05) is 0 Å². The summed E-state index contributed by atoms with van der Waals surface area (Å²) in [5, 5.41) is 6.37. The molecule has 2 aromatic rings. The summed E-state index contributed by atoms with van der Waals surface area (Å²) < 4.78 is 1.98. The van der Waals surface area contributed by atoms with Gasteiger partial charge in [-0.15, -0.1) is 11.3 Å². The van der Waals surface area contributed by atoms with Crippen LogP contribution in [0, 0.1) is 5.92 Å². The standard InChI is InChI=1S/C13H21N5S/c1-10(2)8-18-13(15-9-16-18)7-11(17-14)6-12-4-3-5-19-12/h3-5,9-11,17H,6-8,14H2,1-2H3. The lowest BCUT2D eigenvalue weighted by atomic mass is 10.1.